The SMILES string of the molecule is CCn1nc(C)c(Cl)c1CC(O)c1c(F)cc(F)cc1F. The number of aromatic nitrogens is 2. The lowest BCUT2D eigenvalue weighted by Crippen LogP contribution is -2.12. The summed E-state index contributed by atoms with van der Waals surface area (Å²) in [5.74, 6) is -3.29. The highest BCUT2D eigenvalue weighted by molar-refractivity contribution is 6.31. The molecule has 0 spiro atoms. The Morgan fingerprint density at radius 3 is 2.38 bits per heavy atom. The number of aryl methyl sites for hydroxylation is 2. The topological polar surface area (TPSA) is 38.0 Å². The molecule has 0 bridgehead atoms. The van der Waals surface area contributed by atoms with E-state index in [9.17, 15) is 18.3 Å². The minimum Gasteiger partial charge on any atom is -0.388 e. The zero-order valence-corrected chi connectivity index (χ0v) is 12.3. The Kier molecular flexibility index (Phi) is 4.58. The van der Waals surface area contributed by atoms with Crippen LogP contribution in [0.4, 0.5) is 13.2 Å². The molecule has 1 heterocycles. The lowest BCUT2D eigenvalue weighted by molar-refractivity contribution is 0.165. The van der Waals surface area contributed by atoms with E-state index < -0.39 is 29.1 Å². The molecular formula is C14H14ClF3N2O. The Balaban J connectivity index is 2.37. The summed E-state index contributed by atoms with van der Waals surface area (Å²) >= 11 is 6.09. The molecule has 1 atom stereocenters. The zero-order valence-electron chi connectivity index (χ0n) is 11.5. The van der Waals surface area contributed by atoms with Gasteiger partial charge in [0.05, 0.1) is 28.1 Å². The van der Waals surface area contributed by atoms with Gasteiger partial charge < -0.3 is 5.11 Å². The summed E-state index contributed by atoms with van der Waals surface area (Å²) in [5, 5.41) is 14.6. The molecule has 0 aliphatic heterocycles. The third kappa shape index (κ3) is 3.06. The predicted octanol–water partition coefficient (Wildman–Crippen LogP) is 3.56. The van der Waals surface area contributed by atoms with Gasteiger partial charge in [0.25, 0.3) is 0 Å². The predicted molar refractivity (Wildman–Crippen MR) is 72.6 cm³/mol. The highest BCUT2D eigenvalue weighted by atomic mass is 35.5. The Morgan fingerprint density at radius 1 is 1.29 bits per heavy atom. The number of benzene rings is 1. The van der Waals surface area contributed by atoms with Gasteiger partial charge in [0.1, 0.15) is 17.5 Å². The van der Waals surface area contributed by atoms with Crippen LogP contribution in [0.1, 0.15) is 30.0 Å². The Labute approximate surface area is 125 Å². The van der Waals surface area contributed by atoms with Crippen molar-refractivity contribution in [1.29, 1.82) is 0 Å². The van der Waals surface area contributed by atoms with E-state index in [-0.39, 0.29) is 6.42 Å². The molecular weight excluding hydrogens is 305 g/mol. The van der Waals surface area contributed by atoms with Crippen molar-refractivity contribution in [2.45, 2.75) is 32.9 Å². The molecule has 0 fully saturated rings. The van der Waals surface area contributed by atoms with Crippen LogP contribution in [-0.2, 0) is 13.0 Å². The van der Waals surface area contributed by atoms with Crippen LogP contribution in [0, 0.1) is 24.4 Å². The Hall–Kier alpha value is -1.53. The molecule has 0 aliphatic carbocycles. The van der Waals surface area contributed by atoms with E-state index in [1.807, 2.05) is 6.92 Å². The third-order valence-electron chi connectivity index (χ3n) is 3.22. The molecule has 1 unspecified atom stereocenters. The first-order valence-corrected chi connectivity index (χ1v) is 6.77. The third-order valence-corrected chi connectivity index (χ3v) is 3.71. The van der Waals surface area contributed by atoms with Crippen LogP contribution in [0.15, 0.2) is 12.1 Å². The Morgan fingerprint density at radius 2 is 1.86 bits per heavy atom. The average molecular weight is 319 g/mol. The number of aliphatic hydroxyl groups is 1. The molecule has 2 rings (SSSR count). The number of rotatable bonds is 4. The molecule has 0 amide bonds. The second-order valence-corrected chi connectivity index (χ2v) is 5.04. The second-order valence-electron chi connectivity index (χ2n) is 4.66. The maximum Gasteiger partial charge on any atom is 0.134 e. The van der Waals surface area contributed by atoms with Crippen molar-refractivity contribution in [2.75, 3.05) is 0 Å². The summed E-state index contributed by atoms with van der Waals surface area (Å²) in [4.78, 5) is 0. The van der Waals surface area contributed by atoms with Crippen molar-refractivity contribution in [3.05, 3.63) is 51.6 Å². The van der Waals surface area contributed by atoms with Crippen LogP contribution in [0.2, 0.25) is 5.02 Å². The molecule has 1 aromatic carbocycles. The fourth-order valence-corrected chi connectivity index (χ4v) is 2.43. The van der Waals surface area contributed by atoms with Crippen LogP contribution < -0.4 is 0 Å². The van der Waals surface area contributed by atoms with Gasteiger partial charge in [-0.15, -0.1) is 0 Å². The molecule has 2 aromatic rings. The Bertz CT molecular complexity index is 649. The van der Waals surface area contributed by atoms with Gasteiger partial charge in [0, 0.05) is 25.1 Å². The summed E-state index contributed by atoms with van der Waals surface area (Å²) in [6, 6.07) is 1.07. The van der Waals surface area contributed by atoms with Crippen LogP contribution in [0.25, 0.3) is 0 Å². The smallest absolute Gasteiger partial charge is 0.134 e. The zero-order chi connectivity index (χ0) is 15.7. The molecule has 21 heavy (non-hydrogen) atoms. The van der Waals surface area contributed by atoms with E-state index in [0.717, 1.165) is 0 Å². The van der Waals surface area contributed by atoms with Crippen LogP contribution in [0.3, 0.4) is 0 Å². The van der Waals surface area contributed by atoms with Gasteiger partial charge in [-0.1, -0.05) is 11.6 Å². The fraction of sp³-hybridized carbons (Fsp3) is 0.357. The summed E-state index contributed by atoms with van der Waals surface area (Å²) < 4.78 is 41.8. The van der Waals surface area contributed by atoms with Crippen molar-refractivity contribution < 1.29 is 18.3 Å². The molecule has 0 radical (unpaired) electrons. The average Bonchev–Trinajstić information content (AvgIpc) is 2.65. The first-order valence-electron chi connectivity index (χ1n) is 6.39. The number of hydrogen-bond donors (Lipinski definition) is 1. The van der Waals surface area contributed by atoms with Crippen LogP contribution in [0.5, 0.6) is 0 Å². The maximum absolute atomic E-state index is 13.7. The number of nitrogens with zero attached hydrogens (tertiary/aromatic N) is 2. The van der Waals surface area contributed by atoms with Gasteiger partial charge in [0.2, 0.25) is 0 Å². The van der Waals surface area contributed by atoms with Crippen LogP contribution >= 0.6 is 11.6 Å². The summed E-state index contributed by atoms with van der Waals surface area (Å²) in [6.45, 7) is 4.03. The standard InChI is InChI=1S/C14H14ClF3N2O/c1-3-20-11(14(15)7(2)19-20)6-12(21)13-9(17)4-8(16)5-10(13)18/h4-5,12,21H,3,6H2,1-2H3. The van der Waals surface area contributed by atoms with E-state index in [1.54, 1.807) is 11.6 Å². The summed E-state index contributed by atoms with van der Waals surface area (Å²) in [7, 11) is 0. The fourth-order valence-electron chi connectivity index (χ4n) is 2.22. The van der Waals surface area contributed by atoms with E-state index in [1.165, 1.54) is 0 Å². The molecule has 1 N–H and O–H groups in total. The quantitative estimate of drug-likeness (QED) is 0.936. The maximum atomic E-state index is 13.7. The lowest BCUT2D eigenvalue weighted by Gasteiger charge is -2.14. The normalized spacial score (nSPS) is 12.7. The van der Waals surface area contributed by atoms with Gasteiger partial charge in [-0.2, -0.15) is 5.10 Å². The minimum absolute atomic E-state index is 0.118. The minimum atomic E-state index is -1.48. The van der Waals surface area contributed by atoms with Crippen molar-refractivity contribution in [2.24, 2.45) is 0 Å². The van der Waals surface area contributed by atoms with Gasteiger partial charge in [0.15, 0.2) is 0 Å². The molecule has 0 aliphatic rings. The largest absolute Gasteiger partial charge is 0.388 e. The highest BCUT2D eigenvalue weighted by Crippen LogP contribution is 2.29. The van der Waals surface area contributed by atoms with Gasteiger partial charge in [-0.05, 0) is 13.8 Å². The first-order chi connectivity index (χ1) is 9.85. The molecule has 0 saturated heterocycles. The first kappa shape index (κ1) is 15.9. The number of halogens is 4. The monoisotopic (exact) mass is 318 g/mol. The van der Waals surface area contributed by atoms with Gasteiger partial charge in [-0.3, -0.25) is 4.68 Å². The van der Waals surface area contributed by atoms with Crippen molar-refractivity contribution >= 4 is 11.6 Å². The molecule has 0 saturated carbocycles. The van der Waals surface area contributed by atoms with Crippen molar-refractivity contribution in [3.8, 4) is 0 Å². The highest BCUT2D eigenvalue weighted by Gasteiger charge is 2.23. The van der Waals surface area contributed by atoms with Crippen molar-refractivity contribution in [3.63, 3.8) is 0 Å². The lowest BCUT2D eigenvalue weighted by atomic mass is 10.0. The van der Waals surface area contributed by atoms with E-state index in [4.69, 9.17) is 11.6 Å². The second kappa shape index (κ2) is 6.07. The number of aliphatic hydroxyl groups excluding tert-OH is 1. The molecule has 7 heteroatoms. The molecule has 114 valence electrons. The summed E-state index contributed by atoms with van der Waals surface area (Å²) in [6.07, 6.45) is -1.60. The summed E-state index contributed by atoms with van der Waals surface area (Å²) in [5.41, 5.74) is 0.474. The number of hydrogen-bond acceptors (Lipinski definition) is 2. The molecule has 3 nitrogen and oxygen atoms in total. The van der Waals surface area contributed by atoms with Crippen molar-refractivity contribution in [1.82, 2.24) is 9.78 Å². The van der Waals surface area contributed by atoms with E-state index in [2.05, 4.69) is 5.10 Å². The van der Waals surface area contributed by atoms with Gasteiger partial charge in [-0.25, -0.2) is 13.2 Å². The molecule has 1 aromatic heterocycles. The van der Waals surface area contributed by atoms with E-state index >= 15 is 0 Å². The van der Waals surface area contributed by atoms with Crippen LogP contribution in [-0.4, -0.2) is 14.9 Å². The van der Waals surface area contributed by atoms with Gasteiger partial charge >= 0.3 is 0 Å². The van der Waals surface area contributed by atoms with E-state index in [0.29, 0.717) is 35.1 Å².